The first-order valence-corrected chi connectivity index (χ1v) is 16.6. The molecule has 0 aliphatic heterocycles. The van der Waals surface area contributed by atoms with Crippen molar-refractivity contribution in [3.63, 3.8) is 0 Å². The summed E-state index contributed by atoms with van der Waals surface area (Å²) in [4.78, 5) is 24.1. The molecule has 226 valence electrons. The van der Waals surface area contributed by atoms with E-state index < -0.39 is 83.6 Å². The maximum absolute atomic E-state index is 12.9. The number of halogens is 12. The summed E-state index contributed by atoms with van der Waals surface area (Å²) < 4.78 is 165. The van der Waals surface area contributed by atoms with Gasteiger partial charge in [-0.1, -0.05) is 0 Å². The SMILES string of the molecule is CC(O[Si](C)(C)CN(C)C(=O)C(C(F)(F)F)C(F)(F)F)[Si](C)(C)OCN(C)C(=O)C(C(F)(F)F)C(F)(F)F. The molecule has 0 radical (unpaired) electrons. The summed E-state index contributed by atoms with van der Waals surface area (Å²) in [5.74, 6) is -13.1. The van der Waals surface area contributed by atoms with Gasteiger partial charge in [0.1, 0.15) is 6.73 Å². The third-order valence-electron chi connectivity index (χ3n) is 5.28. The zero-order chi connectivity index (χ0) is 30.9. The van der Waals surface area contributed by atoms with E-state index in [0.29, 0.717) is 7.05 Å². The van der Waals surface area contributed by atoms with E-state index in [-0.39, 0.29) is 9.80 Å². The number of nitrogens with zero attached hydrogens (tertiary/aromatic N) is 2. The van der Waals surface area contributed by atoms with Crippen LogP contribution in [0.1, 0.15) is 6.92 Å². The molecule has 0 rings (SSSR count). The minimum atomic E-state index is -5.91. The standard InChI is InChI=1S/C18H28F12N2O4Si2/c1-10(36-37(4,5)9-32(3)14(34)12(17(25,26)27)18(28,29)30)38(6,7)35-8-31(2)13(33)11(15(19,20)21)16(22,23)24/h10-12H,8-9H2,1-7H3. The first-order chi connectivity index (χ1) is 16.4. The van der Waals surface area contributed by atoms with Crippen molar-refractivity contribution in [3.05, 3.63) is 0 Å². The minimum absolute atomic E-state index is 0.0799. The Labute approximate surface area is 212 Å². The lowest BCUT2D eigenvalue weighted by atomic mass is 10.1. The van der Waals surface area contributed by atoms with Crippen molar-refractivity contribution < 1.29 is 71.1 Å². The Morgan fingerprint density at radius 3 is 1.32 bits per heavy atom. The number of carbonyl (C=O) groups is 2. The van der Waals surface area contributed by atoms with Gasteiger partial charge in [0.05, 0.1) is 5.73 Å². The van der Waals surface area contributed by atoms with E-state index in [4.69, 9.17) is 8.85 Å². The van der Waals surface area contributed by atoms with E-state index in [9.17, 15) is 62.3 Å². The van der Waals surface area contributed by atoms with E-state index in [1.807, 2.05) is 0 Å². The van der Waals surface area contributed by atoms with Crippen molar-refractivity contribution in [1.82, 2.24) is 9.80 Å². The number of rotatable bonds is 10. The second-order valence-corrected chi connectivity index (χ2v) is 18.0. The van der Waals surface area contributed by atoms with Crippen LogP contribution in [-0.2, 0) is 18.4 Å². The maximum Gasteiger partial charge on any atom is 0.409 e. The molecular weight excluding hydrogens is 592 g/mol. The average molecular weight is 621 g/mol. The van der Waals surface area contributed by atoms with Gasteiger partial charge in [-0.3, -0.25) is 9.59 Å². The van der Waals surface area contributed by atoms with Crippen LogP contribution in [0.4, 0.5) is 52.7 Å². The third kappa shape index (κ3) is 10.6. The molecule has 0 saturated carbocycles. The summed E-state index contributed by atoms with van der Waals surface area (Å²) in [6, 6.07) is 0. The molecule has 0 bridgehead atoms. The van der Waals surface area contributed by atoms with Crippen molar-refractivity contribution in [2.45, 2.75) is 63.5 Å². The van der Waals surface area contributed by atoms with E-state index in [0.717, 1.165) is 7.05 Å². The summed E-state index contributed by atoms with van der Waals surface area (Å²) in [7, 11) is -5.10. The molecular formula is C18H28F12N2O4Si2. The van der Waals surface area contributed by atoms with Crippen molar-refractivity contribution in [2.75, 3.05) is 27.0 Å². The fourth-order valence-corrected chi connectivity index (χ4v) is 8.31. The second kappa shape index (κ2) is 11.9. The average Bonchev–Trinajstić information content (AvgIpc) is 2.60. The highest BCUT2D eigenvalue weighted by Crippen LogP contribution is 2.41. The van der Waals surface area contributed by atoms with Gasteiger partial charge in [-0.05, 0) is 33.1 Å². The van der Waals surface area contributed by atoms with Gasteiger partial charge in [0.15, 0.2) is 0 Å². The Bertz CT molecular complexity index is 800. The topological polar surface area (TPSA) is 59.1 Å². The highest BCUT2D eigenvalue weighted by molar-refractivity contribution is 6.76. The minimum Gasteiger partial charge on any atom is -0.413 e. The molecule has 6 nitrogen and oxygen atoms in total. The summed E-state index contributed by atoms with van der Waals surface area (Å²) >= 11 is 0. The molecule has 0 fully saturated rings. The van der Waals surface area contributed by atoms with Crippen LogP contribution in [0.25, 0.3) is 0 Å². The summed E-state index contributed by atoms with van der Waals surface area (Å²) in [6.45, 7) is 5.91. The van der Waals surface area contributed by atoms with Crippen LogP contribution in [0.3, 0.4) is 0 Å². The highest BCUT2D eigenvalue weighted by atomic mass is 28.4. The quantitative estimate of drug-likeness (QED) is 0.190. The van der Waals surface area contributed by atoms with Crippen LogP contribution in [0.15, 0.2) is 0 Å². The fourth-order valence-electron chi connectivity index (χ4n) is 3.12. The predicted octanol–water partition coefficient (Wildman–Crippen LogP) is 5.25. The van der Waals surface area contributed by atoms with Crippen LogP contribution >= 0.6 is 0 Å². The lowest BCUT2D eigenvalue weighted by Gasteiger charge is -2.38. The van der Waals surface area contributed by atoms with Crippen molar-refractivity contribution >= 4 is 28.4 Å². The van der Waals surface area contributed by atoms with Crippen LogP contribution in [0, 0.1) is 11.8 Å². The molecule has 20 heteroatoms. The van der Waals surface area contributed by atoms with E-state index in [1.165, 1.54) is 33.1 Å². The van der Waals surface area contributed by atoms with Crippen molar-refractivity contribution in [1.29, 1.82) is 0 Å². The van der Waals surface area contributed by atoms with E-state index in [1.54, 1.807) is 0 Å². The number of hydrogen-bond acceptors (Lipinski definition) is 4. The van der Waals surface area contributed by atoms with Crippen LogP contribution < -0.4 is 0 Å². The first-order valence-electron chi connectivity index (χ1n) is 10.5. The maximum atomic E-state index is 12.9. The Morgan fingerprint density at radius 1 is 0.684 bits per heavy atom. The molecule has 2 amide bonds. The largest absolute Gasteiger partial charge is 0.413 e. The molecule has 1 unspecified atom stereocenters. The highest BCUT2D eigenvalue weighted by Gasteiger charge is 2.63. The third-order valence-corrected chi connectivity index (χ3v) is 10.7. The van der Waals surface area contributed by atoms with E-state index >= 15 is 0 Å². The smallest absolute Gasteiger partial charge is 0.409 e. The van der Waals surface area contributed by atoms with Crippen molar-refractivity contribution in [3.8, 4) is 0 Å². The molecule has 0 spiro atoms. The zero-order valence-corrected chi connectivity index (χ0v) is 23.2. The van der Waals surface area contributed by atoms with Crippen molar-refractivity contribution in [2.24, 2.45) is 11.8 Å². The first kappa shape index (κ1) is 36.5. The Hall–Kier alpha value is -1.55. The summed E-state index contributed by atoms with van der Waals surface area (Å²) in [6.07, 6.45) is -24.2. The number of alkyl halides is 12. The molecule has 0 aromatic rings. The molecule has 0 heterocycles. The number of carbonyl (C=O) groups excluding carboxylic acids is 2. The van der Waals surface area contributed by atoms with Gasteiger partial charge in [0.2, 0.25) is 40.3 Å². The molecule has 0 aromatic heterocycles. The molecule has 1 atom stereocenters. The van der Waals surface area contributed by atoms with Gasteiger partial charge in [-0.15, -0.1) is 0 Å². The van der Waals surface area contributed by atoms with Gasteiger partial charge >= 0.3 is 24.7 Å². The summed E-state index contributed by atoms with van der Waals surface area (Å²) in [5.41, 5.74) is -0.960. The molecule has 0 aliphatic rings. The van der Waals surface area contributed by atoms with Crippen LogP contribution in [-0.4, -0.2) is 95.7 Å². The monoisotopic (exact) mass is 620 g/mol. The fraction of sp³-hybridized carbons (Fsp3) is 0.889. The lowest BCUT2D eigenvalue weighted by Crippen LogP contribution is -2.57. The van der Waals surface area contributed by atoms with Gasteiger partial charge in [0, 0.05) is 20.3 Å². The van der Waals surface area contributed by atoms with Gasteiger partial charge in [-0.2, -0.15) is 52.7 Å². The Morgan fingerprint density at radius 2 is 1.00 bits per heavy atom. The molecule has 38 heavy (non-hydrogen) atoms. The zero-order valence-electron chi connectivity index (χ0n) is 21.2. The molecule has 0 saturated heterocycles. The molecule has 0 aromatic carbocycles. The van der Waals surface area contributed by atoms with Crippen LogP contribution in [0.2, 0.25) is 26.2 Å². The van der Waals surface area contributed by atoms with Gasteiger partial charge in [0.25, 0.3) is 0 Å². The summed E-state index contributed by atoms with van der Waals surface area (Å²) in [5, 5.41) is 0. The molecule has 0 aliphatic carbocycles. The number of hydrogen-bond donors (Lipinski definition) is 0. The second-order valence-electron chi connectivity index (χ2n) is 9.66. The lowest BCUT2D eigenvalue weighted by molar-refractivity contribution is -0.279. The van der Waals surface area contributed by atoms with Gasteiger partial charge < -0.3 is 18.7 Å². The predicted molar refractivity (Wildman–Crippen MR) is 113 cm³/mol. The van der Waals surface area contributed by atoms with Gasteiger partial charge in [-0.25, -0.2) is 0 Å². The number of amides is 2. The Kier molecular flexibility index (Phi) is 11.4. The Balaban J connectivity index is 5.42. The molecule has 0 N–H and O–H groups in total. The normalized spacial score (nSPS) is 15.2. The van der Waals surface area contributed by atoms with Crippen LogP contribution in [0.5, 0.6) is 0 Å². The van der Waals surface area contributed by atoms with E-state index in [2.05, 4.69) is 0 Å².